The van der Waals surface area contributed by atoms with Gasteiger partial charge in [-0.1, -0.05) is 62.9 Å². The van der Waals surface area contributed by atoms with Crippen LogP contribution >= 0.6 is 50.7 Å². The molecule has 3 rings (SSSR count). The zero-order chi connectivity index (χ0) is 19.8. The van der Waals surface area contributed by atoms with Crippen molar-refractivity contribution in [1.29, 1.82) is 10.5 Å². The Morgan fingerprint density at radius 1 is 1.15 bits per heavy atom. The van der Waals surface area contributed by atoms with E-state index >= 15 is 0 Å². The Balaban J connectivity index is 2.25. The Kier molecular flexibility index (Phi) is 5.60. The SMILES string of the molecule is COc1ccccc1N1C(C#N)=CC(C#N)(c2c(Cl)cc(Cl)cc2Cl)C1Br. The summed E-state index contributed by atoms with van der Waals surface area (Å²) in [5, 5.41) is 20.7. The fraction of sp³-hybridized carbons (Fsp3) is 0.158. The molecule has 0 aliphatic carbocycles. The molecule has 4 nitrogen and oxygen atoms in total. The summed E-state index contributed by atoms with van der Waals surface area (Å²) in [6.07, 6.45) is 1.56. The van der Waals surface area contributed by atoms with Crippen molar-refractivity contribution in [1.82, 2.24) is 0 Å². The first-order valence-corrected chi connectivity index (χ1v) is 9.70. The van der Waals surface area contributed by atoms with Crippen molar-refractivity contribution in [3.8, 4) is 17.9 Å². The molecule has 0 saturated heterocycles. The molecule has 1 heterocycles. The number of nitrogens with zero attached hydrogens (tertiary/aromatic N) is 3. The smallest absolute Gasteiger partial charge is 0.142 e. The summed E-state index contributed by atoms with van der Waals surface area (Å²) in [7, 11) is 1.54. The van der Waals surface area contributed by atoms with Gasteiger partial charge in [-0.3, -0.25) is 0 Å². The second kappa shape index (κ2) is 7.62. The van der Waals surface area contributed by atoms with E-state index < -0.39 is 10.4 Å². The minimum absolute atomic E-state index is 0.244. The molecule has 2 aromatic rings. The van der Waals surface area contributed by atoms with Crippen LogP contribution in [0.5, 0.6) is 5.75 Å². The van der Waals surface area contributed by atoms with E-state index in [2.05, 4.69) is 28.1 Å². The summed E-state index contributed by atoms with van der Waals surface area (Å²) in [6, 6.07) is 14.7. The molecule has 0 radical (unpaired) electrons. The van der Waals surface area contributed by atoms with Gasteiger partial charge in [-0.15, -0.1) is 0 Å². The largest absolute Gasteiger partial charge is 0.495 e. The van der Waals surface area contributed by atoms with Gasteiger partial charge in [0.15, 0.2) is 0 Å². The van der Waals surface area contributed by atoms with Crippen LogP contribution in [-0.2, 0) is 5.41 Å². The third-order valence-electron chi connectivity index (χ3n) is 4.29. The molecule has 0 saturated carbocycles. The summed E-state index contributed by atoms with van der Waals surface area (Å²) >= 11 is 22.4. The van der Waals surface area contributed by atoms with E-state index in [-0.39, 0.29) is 15.7 Å². The minimum atomic E-state index is -1.31. The molecule has 1 aliphatic heterocycles. The highest BCUT2D eigenvalue weighted by atomic mass is 79.9. The molecule has 0 spiro atoms. The number of benzene rings is 2. The van der Waals surface area contributed by atoms with Gasteiger partial charge in [0.2, 0.25) is 0 Å². The number of allylic oxidation sites excluding steroid dienone is 1. The molecular formula is C19H11BrCl3N3O. The van der Waals surface area contributed by atoms with Gasteiger partial charge in [-0.2, -0.15) is 10.5 Å². The van der Waals surface area contributed by atoms with E-state index in [1.54, 1.807) is 30.2 Å². The van der Waals surface area contributed by atoms with E-state index in [9.17, 15) is 10.5 Å². The van der Waals surface area contributed by atoms with Crippen LogP contribution in [0.1, 0.15) is 5.56 Å². The maximum Gasteiger partial charge on any atom is 0.142 e. The highest BCUT2D eigenvalue weighted by Crippen LogP contribution is 2.51. The number of hydrogen-bond acceptors (Lipinski definition) is 4. The number of hydrogen-bond donors (Lipinski definition) is 0. The maximum atomic E-state index is 10.1. The van der Waals surface area contributed by atoms with Crippen LogP contribution in [-0.4, -0.2) is 12.1 Å². The van der Waals surface area contributed by atoms with Crippen molar-refractivity contribution in [2.75, 3.05) is 12.0 Å². The minimum Gasteiger partial charge on any atom is -0.495 e. The highest BCUT2D eigenvalue weighted by molar-refractivity contribution is 9.09. The molecule has 8 heteroatoms. The molecule has 2 aromatic carbocycles. The fourth-order valence-corrected chi connectivity index (χ4v) is 5.15. The summed E-state index contributed by atoms with van der Waals surface area (Å²) in [6.45, 7) is 0. The number of halogens is 4. The number of nitriles is 2. The van der Waals surface area contributed by atoms with Crippen molar-refractivity contribution >= 4 is 56.4 Å². The van der Waals surface area contributed by atoms with Crippen molar-refractivity contribution in [2.45, 2.75) is 10.4 Å². The van der Waals surface area contributed by atoms with E-state index in [1.807, 2.05) is 12.1 Å². The van der Waals surface area contributed by atoms with Crippen molar-refractivity contribution in [3.05, 3.63) is 68.8 Å². The normalized spacial score (nSPS) is 21.4. The lowest BCUT2D eigenvalue weighted by molar-refractivity contribution is 0.414. The van der Waals surface area contributed by atoms with E-state index in [0.717, 1.165) is 0 Å². The number of alkyl halides is 1. The van der Waals surface area contributed by atoms with Gasteiger partial charge in [0, 0.05) is 20.6 Å². The monoisotopic (exact) mass is 481 g/mol. The summed E-state index contributed by atoms with van der Waals surface area (Å²) < 4.78 is 5.42. The Morgan fingerprint density at radius 3 is 2.33 bits per heavy atom. The molecule has 1 aliphatic rings. The quantitative estimate of drug-likeness (QED) is 0.393. The maximum absolute atomic E-state index is 10.1. The number of para-hydroxylation sites is 2. The van der Waals surface area contributed by atoms with Gasteiger partial charge in [0.05, 0.1) is 18.9 Å². The molecule has 136 valence electrons. The lowest BCUT2D eigenvalue weighted by Gasteiger charge is -2.32. The van der Waals surface area contributed by atoms with Crippen LogP contribution in [0.3, 0.4) is 0 Å². The van der Waals surface area contributed by atoms with Crippen LogP contribution in [0.2, 0.25) is 15.1 Å². The Bertz CT molecular complexity index is 1000. The van der Waals surface area contributed by atoms with Gasteiger partial charge in [0.25, 0.3) is 0 Å². The first kappa shape index (κ1) is 19.9. The highest BCUT2D eigenvalue weighted by Gasteiger charge is 2.51. The van der Waals surface area contributed by atoms with E-state index in [4.69, 9.17) is 39.5 Å². The van der Waals surface area contributed by atoms with Crippen molar-refractivity contribution < 1.29 is 4.74 Å². The zero-order valence-corrected chi connectivity index (χ0v) is 17.7. The predicted molar refractivity (Wildman–Crippen MR) is 111 cm³/mol. The fourth-order valence-electron chi connectivity index (χ4n) is 3.12. The Morgan fingerprint density at radius 2 is 1.78 bits per heavy atom. The van der Waals surface area contributed by atoms with Crippen LogP contribution in [0, 0.1) is 22.7 Å². The molecule has 0 N–H and O–H groups in total. The third kappa shape index (κ3) is 3.16. The van der Waals surface area contributed by atoms with Gasteiger partial charge >= 0.3 is 0 Å². The van der Waals surface area contributed by atoms with Crippen molar-refractivity contribution in [3.63, 3.8) is 0 Å². The molecule has 27 heavy (non-hydrogen) atoms. The standard InChI is InChI=1S/C19H11BrCl3N3O/c1-27-16-5-3-2-4-15(16)26-12(9-24)8-19(10-25,18(26)20)17-13(22)6-11(21)7-14(17)23/h2-8,18H,1H3. The first-order chi connectivity index (χ1) is 12.9. The van der Waals surface area contributed by atoms with Gasteiger partial charge in [0.1, 0.15) is 27.9 Å². The zero-order valence-electron chi connectivity index (χ0n) is 13.9. The number of anilines is 1. The van der Waals surface area contributed by atoms with E-state index in [1.165, 1.54) is 12.1 Å². The third-order valence-corrected chi connectivity index (χ3v) is 6.24. The summed E-state index contributed by atoms with van der Waals surface area (Å²) in [4.78, 5) is 1.03. The molecule has 0 amide bonds. The topological polar surface area (TPSA) is 60.0 Å². The van der Waals surface area contributed by atoms with Crippen LogP contribution in [0.4, 0.5) is 5.69 Å². The van der Waals surface area contributed by atoms with Crippen LogP contribution in [0.15, 0.2) is 48.2 Å². The van der Waals surface area contributed by atoms with E-state index in [0.29, 0.717) is 22.0 Å². The molecule has 2 atom stereocenters. The summed E-state index contributed by atoms with van der Waals surface area (Å²) in [5.74, 6) is 0.560. The van der Waals surface area contributed by atoms with Gasteiger partial charge in [-0.05, 0) is 30.3 Å². The number of ether oxygens (including phenoxy) is 1. The predicted octanol–water partition coefficient (Wildman–Crippen LogP) is 6.07. The molecule has 0 aromatic heterocycles. The second-order valence-corrected chi connectivity index (χ2v) is 7.86. The Hall–Kier alpha value is -1.89. The average Bonchev–Trinajstić information content (AvgIpc) is 2.93. The lowest BCUT2D eigenvalue weighted by Crippen LogP contribution is -2.39. The Labute approximate surface area is 180 Å². The second-order valence-electron chi connectivity index (χ2n) is 5.74. The van der Waals surface area contributed by atoms with Crippen LogP contribution in [0.25, 0.3) is 0 Å². The first-order valence-electron chi connectivity index (χ1n) is 7.65. The molecule has 0 bridgehead atoms. The summed E-state index contributed by atoms with van der Waals surface area (Å²) in [5.41, 5.74) is -0.0345. The number of methoxy groups -OCH3 is 1. The van der Waals surface area contributed by atoms with Gasteiger partial charge < -0.3 is 9.64 Å². The lowest BCUT2D eigenvalue weighted by atomic mass is 9.82. The molecule has 2 unspecified atom stereocenters. The number of rotatable bonds is 3. The van der Waals surface area contributed by atoms with Crippen molar-refractivity contribution in [2.24, 2.45) is 0 Å². The van der Waals surface area contributed by atoms with Crippen LogP contribution < -0.4 is 9.64 Å². The molecule has 0 fully saturated rings. The molecular weight excluding hydrogens is 472 g/mol. The van der Waals surface area contributed by atoms with Gasteiger partial charge in [-0.25, -0.2) is 0 Å². The average molecular weight is 484 g/mol.